The molecule has 0 radical (unpaired) electrons. The number of hydrogen-bond acceptors (Lipinski definition) is 4. The van der Waals surface area contributed by atoms with Gasteiger partial charge in [0, 0.05) is 18.1 Å². The third-order valence-electron chi connectivity index (χ3n) is 4.12. The number of benzene rings is 1. The smallest absolute Gasteiger partial charge is 0.323 e. The van der Waals surface area contributed by atoms with Gasteiger partial charge in [0.05, 0.1) is 6.04 Å². The lowest BCUT2D eigenvalue weighted by Gasteiger charge is -2.29. The lowest BCUT2D eigenvalue weighted by atomic mass is 10.1. The van der Waals surface area contributed by atoms with Crippen LogP contribution in [0.4, 0.5) is 0 Å². The second-order valence-electron chi connectivity index (χ2n) is 5.95. The van der Waals surface area contributed by atoms with Gasteiger partial charge in [-0.2, -0.15) is 0 Å². The third-order valence-corrected chi connectivity index (χ3v) is 4.35. The standard InChI is InChI=1S/C17H23ClN2O4/c1-19(9-10-24-14-6-4-5-13(18)11-14)15-7-2-3-8-20(17(15)23)12-16(21)22/h4-6,11,15H,2-3,7-10,12H2,1H3,(H,21,22). The molecule has 132 valence electrons. The number of halogens is 1. The molecule has 1 atom stereocenters. The molecule has 1 saturated heterocycles. The molecule has 1 aliphatic rings. The number of likely N-dealkylation sites (tertiary alicyclic amines) is 1. The summed E-state index contributed by atoms with van der Waals surface area (Å²) in [5.74, 6) is -0.397. The molecule has 1 amide bonds. The molecular formula is C17H23ClN2O4. The normalized spacial score (nSPS) is 18.5. The van der Waals surface area contributed by atoms with Crippen LogP contribution in [0.2, 0.25) is 5.02 Å². The molecule has 24 heavy (non-hydrogen) atoms. The molecule has 1 heterocycles. The molecule has 1 aliphatic heterocycles. The Balaban J connectivity index is 1.88. The van der Waals surface area contributed by atoms with Crippen molar-refractivity contribution in [2.45, 2.75) is 25.3 Å². The van der Waals surface area contributed by atoms with E-state index in [1.54, 1.807) is 12.1 Å². The van der Waals surface area contributed by atoms with Crippen LogP contribution in [0, 0.1) is 0 Å². The summed E-state index contributed by atoms with van der Waals surface area (Å²) < 4.78 is 5.66. The van der Waals surface area contributed by atoms with Crippen molar-refractivity contribution in [1.29, 1.82) is 0 Å². The maximum Gasteiger partial charge on any atom is 0.323 e. The van der Waals surface area contributed by atoms with Gasteiger partial charge in [-0.25, -0.2) is 0 Å². The van der Waals surface area contributed by atoms with E-state index in [1.807, 2.05) is 24.1 Å². The van der Waals surface area contributed by atoms with Crippen LogP contribution >= 0.6 is 11.6 Å². The van der Waals surface area contributed by atoms with Gasteiger partial charge in [0.2, 0.25) is 5.91 Å². The van der Waals surface area contributed by atoms with Gasteiger partial charge in [-0.05, 0) is 44.5 Å². The van der Waals surface area contributed by atoms with Crippen LogP contribution in [0.1, 0.15) is 19.3 Å². The predicted octanol–water partition coefficient (Wildman–Crippen LogP) is 2.12. The number of ether oxygens (including phenoxy) is 1. The SMILES string of the molecule is CN(CCOc1cccc(Cl)c1)C1CCCCN(CC(=O)O)C1=O. The van der Waals surface area contributed by atoms with Crippen molar-refractivity contribution in [3.05, 3.63) is 29.3 Å². The van der Waals surface area contributed by atoms with Crippen molar-refractivity contribution in [3.63, 3.8) is 0 Å². The first-order valence-electron chi connectivity index (χ1n) is 8.06. The first-order chi connectivity index (χ1) is 11.5. The second-order valence-corrected chi connectivity index (χ2v) is 6.39. The summed E-state index contributed by atoms with van der Waals surface area (Å²) >= 11 is 5.91. The number of nitrogens with zero attached hydrogens (tertiary/aromatic N) is 2. The Kier molecular flexibility index (Phi) is 6.87. The van der Waals surface area contributed by atoms with Gasteiger partial charge in [-0.1, -0.05) is 17.7 Å². The van der Waals surface area contributed by atoms with Crippen LogP contribution in [0.5, 0.6) is 5.75 Å². The highest BCUT2D eigenvalue weighted by atomic mass is 35.5. The summed E-state index contributed by atoms with van der Waals surface area (Å²) in [7, 11) is 1.87. The Morgan fingerprint density at radius 1 is 1.46 bits per heavy atom. The molecule has 6 nitrogen and oxygen atoms in total. The zero-order valence-corrected chi connectivity index (χ0v) is 14.5. The highest BCUT2D eigenvalue weighted by Crippen LogP contribution is 2.18. The molecule has 0 aromatic heterocycles. The van der Waals surface area contributed by atoms with Crippen molar-refractivity contribution < 1.29 is 19.4 Å². The molecular weight excluding hydrogens is 332 g/mol. The molecule has 1 fully saturated rings. The number of carbonyl (C=O) groups is 2. The van der Waals surface area contributed by atoms with Gasteiger partial charge >= 0.3 is 5.97 Å². The first-order valence-corrected chi connectivity index (χ1v) is 8.44. The van der Waals surface area contributed by atoms with E-state index >= 15 is 0 Å². The Hall–Kier alpha value is -1.79. The molecule has 1 aromatic carbocycles. The predicted molar refractivity (Wildman–Crippen MR) is 91.4 cm³/mol. The summed E-state index contributed by atoms with van der Waals surface area (Å²) in [5, 5.41) is 9.57. The van der Waals surface area contributed by atoms with Crippen molar-refractivity contribution in [1.82, 2.24) is 9.80 Å². The van der Waals surface area contributed by atoms with Crippen molar-refractivity contribution in [2.24, 2.45) is 0 Å². The Morgan fingerprint density at radius 3 is 2.96 bits per heavy atom. The number of likely N-dealkylation sites (N-methyl/N-ethyl adjacent to an activating group) is 1. The number of carboxylic acids is 1. The fourth-order valence-electron chi connectivity index (χ4n) is 2.83. The van der Waals surface area contributed by atoms with Gasteiger partial charge in [0.25, 0.3) is 0 Å². The molecule has 7 heteroatoms. The summed E-state index contributed by atoms with van der Waals surface area (Å²) in [6, 6.07) is 6.88. The summed E-state index contributed by atoms with van der Waals surface area (Å²) in [5.41, 5.74) is 0. The average Bonchev–Trinajstić information content (AvgIpc) is 2.69. The molecule has 2 rings (SSSR count). The van der Waals surface area contributed by atoms with E-state index < -0.39 is 5.97 Å². The summed E-state index contributed by atoms with van der Waals surface area (Å²) in [6.07, 6.45) is 2.48. The number of carboxylic acid groups (broad SMARTS) is 1. The number of hydrogen-bond donors (Lipinski definition) is 1. The fourth-order valence-corrected chi connectivity index (χ4v) is 3.01. The number of amides is 1. The Labute approximate surface area is 146 Å². The fraction of sp³-hybridized carbons (Fsp3) is 0.529. The molecule has 1 N–H and O–H groups in total. The monoisotopic (exact) mass is 354 g/mol. The zero-order valence-electron chi connectivity index (χ0n) is 13.8. The van der Waals surface area contributed by atoms with Crippen LogP contribution < -0.4 is 4.74 Å². The second kappa shape index (κ2) is 8.89. The number of rotatable bonds is 7. The molecule has 0 saturated carbocycles. The van der Waals surface area contributed by atoms with Crippen molar-refractivity contribution in [2.75, 3.05) is 33.3 Å². The molecule has 1 aromatic rings. The highest BCUT2D eigenvalue weighted by molar-refractivity contribution is 6.30. The topological polar surface area (TPSA) is 70.1 Å². The molecule has 0 spiro atoms. The third kappa shape index (κ3) is 5.39. The van der Waals surface area contributed by atoms with Gasteiger partial charge < -0.3 is 14.7 Å². The molecule has 0 bridgehead atoms. The van der Waals surface area contributed by atoms with Gasteiger partial charge in [-0.15, -0.1) is 0 Å². The average molecular weight is 355 g/mol. The molecule has 1 unspecified atom stereocenters. The number of carbonyl (C=O) groups excluding carboxylic acids is 1. The van der Waals surface area contributed by atoms with E-state index in [4.69, 9.17) is 21.4 Å². The van der Waals surface area contributed by atoms with E-state index in [0.717, 1.165) is 19.3 Å². The Morgan fingerprint density at radius 2 is 2.25 bits per heavy atom. The van der Waals surface area contributed by atoms with E-state index in [2.05, 4.69) is 0 Å². The van der Waals surface area contributed by atoms with E-state index in [1.165, 1.54) is 4.90 Å². The largest absolute Gasteiger partial charge is 0.492 e. The quantitative estimate of drug-likeness (QED) is 0.812. The van der Waals surface area contributed by atoms with Gasteiger partial charge in [0.1, 0.15) is 18.9 Å². The maximum absolute atomic E-state index is 12.6. The molecule has 0 aliphatic carbocycles. The van der Waals surface area contributed by atoms with Crippen LogP contribution in [-0.4, -0.2) is 66.1 Å². The maximum atomic E-state index is 12.6. The number of aliphatic carboxylic acids is 1. The van der Waals surface area contributed by atoms with E-state index in [-0.39, 0.29) is 18.5 Å². The van der Waals surface area contributed by atoms with E-state index in [0.29, 0.717) is 30.5 Å². The first kappa shape index (κ1) is 18.5. The van der Waals surface area contributed by atoms with Crippen LogP contribution in [0.15, 0.2) is 24.3 Å². The lowest BCUT2D eigenvalue weighted by molar-refractivity contribution is -0.146. The van der Waals surface area contributed by atoms with Crippen LogP contribution in [0.3, 0.4) is 0 Å². The highest BCUT2D eigenvalue weighted by Gasteiger charge is 2.30. The van der Waals surface area contributed by atoms with Gasteiger partial charge in [-0.3, -0.25) is 14.5 Å². The lowest BCUT2D eigenvalue weighted by Crippen LogP contribution is -2.48. The zero-order chi connectivity index (χ0) is 17.5. The Bertz CT molecular complexity index is 581. The minimum atomic E-state index is -0.976. The summed E-state index contributed by atoms with van der Waals surface area (Å²) in [4.78, 5) is 26.9. The van der Waals surface area contributed by atoms with Gasteiger partial charge in [0.15, 0.2) is 0 Å². The van der Waals surface area contributed by atoms with E-state index in [9.17, 15) is 9.59 Å². The minimum Gasteiger partial charge on any atom is -0.492 e. The summed E-state index contributed by atoms with van der Waals surface area (Å²) in [6.45, 7) is 1.28. The minimum absolute atomic E-state index is 0.111. The van der Waals surface area contributed by atoms with Crippen molar-refractivity contribution in [3.8, 4) is 5.75 Å². The van der Waals surface area contributed by atoms with Crippen LogP contribution in [-0.2, 0) is 9.59 Å². The van der Waals surface area contributed by atoms with Crippen LogP contribution in [0.25, 0.3) is 0 Å². The van der Waals surface area contributed by atoms with Crippen molar-refractivity contribution >= 4 is 23.5 Å².